The molecule has 0 unspecified atom stereocenters. The number of thiophene rings is 1. The summed E-state index contributed by atoms with van der Waals surface area (Å²) in [4.78, 5) is 1.34. The quantitative estimate of drug-likeness (QED) is 0.901. The van der Waals surface area contributed by atoms with E-state index >= 15 is 0 Å². The predicted octanol–water partition coefficient (Wildman–Crippen LogP) is 2.94. The van der Waals surface area contributed by atoms with Gasteiger partial charge in [0, 0.05) is 24.0 Å². The van der Waals surface area contributed by atoms with Crippen LogP contribution in [-0.4, -0.2) is 17.8 Å². The van der Waals surface area contributed by atoms with Gasteiger partial charge in [-0.3, -0.25) is 0 Å². The Morgan fingerprint density at radius 1 is 1.37 bits per heavy atom. The van der Waals surface area contributed by atoms with E-state index in [1.807, 2.05) is 6.07 Å². The molecule has 0 radical (unpaired) electrons. The maximum Gasteiger partial charge on any atom is 0.126 e. The van der Waals surface area contributed by atoms with E-state index in [2.05, 4.69) is 22.8 Å². The van der Waals surface area contributed by atoms with Crippen molar-refractivity contribution in [2.45, 2.75) is 25.5 Å². The van der Waals surface area contributed by atoms with E-state index in [1.54, 1.807) is 23.5 Å². The molecular formula is C15H17NO2S. The highest BCUT2D eigenvalue weighted by molar-refractivity contribution is 7.09. The van der Waals surface area contributed by atoms with Crippen LogP contribution in [0.15, 0.2) is 35.7 Å². The minimum Gasteiger partial charge on any atom is -0.508 e. The van der Waals surface area contributed by atoms with Crippen molar-refractivity contribution in [2.75, 3.05) is 6.54 Å². The number of aryl methyl sites for hydroxylation is 1. The molecule has 0 saturated carbocycles. The maximum atomic E-state index is 9.48. The Morgan fingerprint density at radius 3 is 3.16 bits per heavy atom. The van der Waals surface area contributed by atoms with Crippen LogP contribution in [0.25, 0.3) is 0 Å². The molecular weight excluding hydrogens is 258 g/mol. The Morgan fingerprint density at radius 2 is 2.32 bits per heavy atom. The number of benzene rings is 1. The van der Waals surface area contributed by atoms with Gasteiger partial charge in [0.1, 0.15) is 17.6 Å². The highest BCUT2D eigenvalue weighted by atomic mass is 32.1. The van der Waals surface area contributed by atoms with Crippen LogP contribution in [0.2, 0.25) is 0 Å². The first-order valence-electron chi connectivity index (χ1n) is 6.53. The zero-order valence-corrected chi connectivity index (χ0v) is 11.5. The Kier molecular flexibility index (Phi) is 3.71. The molecule has 0 bridgehead atoms. The molecule has 1 aliphatic rings. The van der Waals surface area contributed by atoms with Crippen LogP contribution >= 0.6 is 11.3 Å². The lowest BCUT2D eigenvalue weighted by molar-refractivity contribution is 0.170. The summed E-state index contributed by atoms with van der Waals surface area (Å²) in [5.74, 6) is 1.10. The molecule has 1 aromatic heterocycles. The van der Waals surface area contributed by atoms with Gasteiger partial charge in [-0.25, -0.2) is 0 Å². The first-order chi connectivity index (χ1) is 9.31. The monoisotopic (exact) mass is 275 g/mol. The summed E-state index contributed by atoms with van der Waals surface area (Å²) in [6.45, 7) is 1.73. The zero-order chi connectivity index (χ0) is 13.1. The molecule has 1 aliphatic heterocycles. The van der Waals surface area contributed by atoms with Gasteiger partial charge in [0.25, 0.3) is 0 Å². The molecule has 3 nitrogen and oxygen atoms in total. The molecule has 100 valence electrons. The van der Waals surface area contributed by atoms with E-state index in [-0.39, 0.29) is 11.9 Å². The lowest BCUT2D eigenvalue weighted by Gasteiger charge is -2.26. The molecule has 0 amide bonds. The molecule has 19 heavy (non-hydrogen) atoms. The van der Waals surface area contributed by atoms with E-state index in [9.17, 15) is 5.11 Å². The van der Waals surface area contributed by atoms with Crippen LogP contribution in [0.1, 0.15) is 16.9 Å². The van der Waals surface area contributed by atoms with Gasteiger partial charge in [0.05, 0.1) is 0 Å². The zero-order valence-electron chi connectivity index (χ0n) is 10.6. The van der Waals surface area contributed by atoms with Crippen molar-refractivity contribution in [1.29, 1.82) is 0 Å². The number of fused-ring (bicyclic) bond motifs is 1. The summed E-state index contributed by atoms with van der Waals surface area (Å²) in [5, 5.41) is 15.0. The van der Waals surface area contributed by atoms with Crippen molar-refractivity contribution in [3.63, 3.8) is 0 Å². The predicted molar refractivity (Wildman–Crippen MR) is 76.9 cm³/mol. The average molecular weight is 275 g/mol. The van der Waals surface area contributed by atoms with Crippen molar-refractivity contribution in [3.05, 3.63) is 46.2 Å². The fourth-order valence-corrected chi connectivity index (χ4v) is 3.00. The highest BCUT2D eigenvalue weighted by Crippen LogP contribution is 2.30. The topological polar surface area (TPSA) is 41.5 Å². The molecule has 2 heterocycles. The lowest BCUT2D eigenvalue weighted by Crippen LogP contribution is -2.33. The molecule has 2 N–H and O–H groups in total. The third-order valence-corrected chi connectivity index (χ3v) is 4.21. The van der Waals surface area contributed by atoms with Gasteiger partial charge in [-0.2, -0.15) is 0 Å². The molecule has 2 aromatic rings. The van der Waals surface area contributed by atoms with Crippen LogP contribution in [-0.2, 0) is 13.0 Å². The molecule has 0 aliphatic carbocycles. The van der Waals surface area contributed by atoms with Gasteiger partial charge < -0.3 is 15.2 Å². The summed E-state index contributed by atoms with van der Waals surface area (Å²) in [7, 11) is 0. The number of ether oxygens (including phenoxy) is 1. The Balaban J connectivity index is 1.54. The van der Waals surface area contributed by atoms with Gasteiger partial charge in [-0.1, -0.05) is 12.1 Å². The second-order valence-electron chi connectivity index (χ2n) is 4.78. The lowest BCUT2D eigenvalue weighted by atomic mass is 10.0. The van der Waals surface area contributed by atoms with Crippen molar-refractivity contribution >= 4 is 11.3 Å². The van der Waals surface area contributed by atoms with Crippen LogP contribution in [0.4, 0.5) is 0 Å². The minimum atomic E-state index is 0.189. The van der Waals surface area contributed by atoms with E-state index < -0.39 is 0 Å². The number of hydrogen-bond donors (Lipinski definition) is 2. The first kappa shape index (κ1) is 12.5. The number of hydrogen-bond acceptors (Lipinski definition) is 4. The Labute approximate surface area is 116 Å². The van der Waals surface area contributed by atoms with Crippen LogP contribution in [0.5, 0.6) is 11.5 Å². The van der Waals surface area contributed by atoms with Crippen LogP contribution < -0.4 is 10.1 Å². The SMILES string of the molecule is Oc1ccc2c(c1)O[C@H](CNCc1cccs1)CC2. The Hall–Kier alpha value is -1.52. The number of phenolic OH excluding ortho intramolecular Hbond substituents is 1. The van der Waals surface area contributed by atoms with E-state index in [0.717, 1.165) is 31.7 Å². The number of rotatable bonds is 4. The van der Waals surface area contributed by atoms with Crippen molar-refractivity contribution in [3.8, 4) is 11.5 Å². The van der Waals surface area contributed by atoms with Crippen molar-refractivity contribution in [1.82, 2.24) is 5.32 Å². The standard InChI is InChI=1S/C15H17NO2S/c17-12-5-3-11-4-6-13(18-15(11)8-12)9-16-10-14-2-1-7-19-14/h1-3,5,7-8,13,16-17H,4,6,9-10H2/t13-/m0/s1. The molecule has 4 heteroatoms. The second kappa shape index (κ2) is 5.63. The third-order valence-electron chi connectivity index (χ3n) is 3.33. The highest BCUT2D eigenvalue weighted by Gasteiger charge is 2.19. The molecule has 1 aromatic carbocycles. The number of phenols is 1. The molecule has 0 fully saturated rings. The number of nitrogens with one attached hydrogen (secondary N) is 1. The molecule has 1 atom stereocenters. The Bertz CT molecular complexity index is 539. The van der Waals surface area contributed by atoms with Crippen LogP contribution in [0, 0.1) is 0 Å². The molecule has 0 spiro atoms. The molecule has 3 rings (SSSR count). The van der Waals surface area contributed by atoms with Gasteiger partial charge in [-0.05, 0) is 35.9 Å². The van der Waals surface area contributed by atoms with E-state index in [1.165, 1.54) is 10.4 Å². The van der Waals surface area contributed by atoms with E-state index in [0.29, 0.717) is 0 Å². The second-order valence-corrected chi connectivity index (χ2v) is 5.81. The summed E-state index contributed by atoms with van der Waals surface area (Å²) in [5.41, 5.74) is 1.19. The fourth-order valence-electron chi connectivity index (χ4n) is 2.33. The first-order valence-corrected chi connectivity index (χ1v) is 7.41. The van der Waals surface area contributed by atoms with Gasteiger partial charge in [-0.15, -0.1) is 11.3 Å². The third kappa shape index (κ3) is 3.08. The summed E-state index contributed by atoms with van der Waals surface area (Å²) < 4.78 is 5.91. The minimum absolute atomic E-state index is 0.189. The summed E-state index contributed by atoms with van der Waals surface area (Å²) in [6.07, 6.45) is 2.23. The summed E-state index contributed by atoms with van der Waals surface area (Å²) >= 11 is 1.76. The number of aromatic hydroxyl groups is 1. The largest absolute Gasteiger partial charge is 0.508 e. The fraction of sp³-hybridized carbons (Fsp3) is 0.333. The van der Waals surface area contributed by atoms with Gasteiger partial charge in [0.2, 0.25) is 0 Å². The van der Waals surface area contributed by atoms with E-state index in [4.69, 9.17) is 4.74 Å². The van der Waals surface area contributed by atoms with Gasteiger partial charge >= 0.3 is 0 Å². The smallest absolute Gasteiger partial charge is 0.126 e. The van der Waals surface area contributed by atoms with Crippen molar-refractivity contribution in [2.24, 2.45) is 0 Å². The summed E-state index contributed by atoms with van der Waals surface area (Å²) in [6, 6.07) is 9.57. The maximum absolute atomic E-state index is 9.48. The van der Waals surface area contributed by atoms with Gasteiger partial charge in [0.15, 0.2) is 0 Å². The average Bonchev–Trinajstić information content (AvgIpc) is 2.91. The van der Waals surface area contributed by atoms with Crippen LogP contribution in [0.3, 0.4) is 0 Å². The normalized spacial score (nSPS) is 17.8. The molecule has 0 saturated heterocycles. The van der Waals surface area contributed by atoms with Crippen molar-refractivity contribution < 1.29 is 9.84 Å².